The zero-order valence-electron chi connectivity index (χ0n) is 11.0. The standard InChI is InChI=1S/C14H22N2O/c1-4-12-6-7-13(16-10-12)9-14(17)8-11(3)15-5-2/h6-7,10-11,15H,4-5,8-9H2,1-3H3. The second-order valence-corrected chi connectivity index (χ2v) is 4.39. The van der Waals surface area contributed by atoms with E-state index < -0.39 is 0 Å². The first-order chi connectivity index (χ1) is 8.15. The molecule has 0 bridgehead atoms. The van der Waals surface area contributed by atoms with Crippen LogP contribution in [0.1, 0.15) is 38.4 Å². The Kier molecular flexibility index (Phi) is 5.84. The molecular weight excluding hydrogens is 212 g/mol. The van der Waals surface area contributed by atoms with Gasteiger partial charge in [0.2, 0.25) is 0 Å². The molecule has 1 atom stereocenters. The second-order valence-electron chi connectivity index (χ2n) is 4.39. The Labute approximate surface area is 104 Å². The van der Waals surface area contributed by atoms with Crippen molar-refractivity contribution in [3.8, 4) is 0 Å². The van der Waals surface area contributed by atoms with Gasteiger partial charge in [-0.1, -0.05) is 19.9 Å². The predicted molar refractivity (Wildman–Crippen MR) is 70.1 cm³/mol. The van der Waals surface area contributed by atoms with E-state index in [0.29, 0.717) is 12.8 Å². The number of carbonyl (C=O) groups excluding carboxylic acids is 1. The summed E-state index contributed by atoms with van der Waals surface area (Å²) in [6.45, 7) is 7.08. The summed E-state index contributed by atoms with van der Waals surface area (Å²) in [5.74, 6) is 0.246. The molecule has 0 saturated carbocycles. The van der Waals surface area contributed by atoms with E-state index >= 15 is 0 Å². The van der Waals surface area contributed by atoms with Crippen LogP contribution in [-0.4, -0.2) is 23.4 Å². The first-order valence-corrected chi connectivity index (χ1v) is 6.34. The van der Waals surface area contributed by atoms with Crippen LogP contribution in [0.15, 0.2) is 18.3 Å². The normalized spacial score (nSPS) is 12.4. The number of hydrogen-bond donors (Lipinski definition) is 1. The molecule has 1 rings (SSSR count). The highest BCUT2D eigenvalue weighted by Crippen LogP contribution is 2.04. The number of hydrogen-bond acceptors (Lipinski definition) is 3. The summed E-state index contributed by atoms with van der Waals surface area (Å²) in [7, 11) is 0. The van der Waals surface area contributed by atoms with Crippen molar-refractivity contribution in [1.82, 2.24) is 10.3 Å². The van der Waals surface area contributed by atoms with E-state index in [0.717, 1.165) is 18.7 Å². The molecule has 0 radical (unpaired) electrons. The number of nitrogens with one attached hydrogen (secondary N) is 1. The van der Waals surface area contributed by atoms with Gasteiger partial charge in [-0.05, 0) is 31.5 Å². The molecule has 1 aromatic rings. The van der Waals surface area contributed by atoms with Crippen molar-refractivity contribution >= 4 is 5.78 Å². The maximum absolute atomic E-state index is 11.8. The fourth-order valence-electron chi connectivity index (χ4n) is 1.81. The fourth-order valence-corrected chi connectivity index (χ4v) is 1.81. The Morgan fingerprint density at radius 2 is 2.18 bits per heavy atom. The van der Waals surface area contributed by atoms with E-state index in [4.69, 9.17) is 0 Å². The van der Waals surface area contributed by atoms with E-state index in [9.17, 15) is 4.79 Å². The maximum Gasteiger partial charge on any atom is 0.140 e. The number of pyridine rings is 1. The Hall–Kier alpha value is -1.22. The Bertz CT molecular complexity index is 346. The topological polar surface area (TPSA) is 42.0 Å². The van der Waals surface area contributed by atoms with Crippen LogP contribution in [0.5, 0.6) is 0 Å². The van der Waals surface area contributed by atoms with E-state index in [-0.39, 0.29) is 11.8 Å². The number of carbonyl (C=O) groups is 1. The van der Waals surface area contributed by atoms with Gasteiger partial charge < -0.3 is 5.32 Å². The largest absolute Gasteiger partial charge is 0.314 e. The zero-order valence-corrected chi connectivity index (χ0v) is 11.0. The van der Waals surface area contributed by atoms with Crippen LogP contribution in [0.25, 0.3) is 0 Å². The number of ketones is 1. The second kappa shape index (κ2) is 7.17. The number of aryl methyl sites for hydroxylation is 1. The number of rotatable bonds is 7. The van der Waals surface area contributed by atoms with Gasteiger partial charge in [0.25, 0.3) is 0 Å². The van der Waals surface area contributed by atoms with Crippen molar-refractivity contribution in [2.24, 2.45) is 0 Å². The average Bonchev–Trinajstić information content (AvgIpc) is 2.30. The summed E-state index contributed by atoms with van der Waals surface area (Å²) in [5.41, 5.74) is 2.08. The molecule has 1 N–H and O–H groups in total. The van der Waals surface area contributed by atoms with Crippen molar-refractivity contribution in [2.45, 2.75) is 46.1 Å². The van der Waals surface area contributed by atoms with Crippen LogP contribution in [0.2, 0.25) is 0 Å². The van der Waals surface area contributed by atoms with Crippen molar-refractivity contribution in [3.63, 3.8) is 0 Å². The summed E-state index contributed by atoms with van der Waals surface area (Å²) in [6, 6.07) is 4.25. The zero-order chi connectivity index (χ0) is 12.7. The van der Waals surface area contributed by atoms with E-state index in [1.165, 1.54) is 5.56 Å². The van der Waals surface area contributed by atoms with E-state index in [2.05, 4.69) is 17.2 Å². The van der Waals surface area contributed by atoms with Crippen LogP contribution in [0.3, 0.4) is 0 Å². The third-order valence-electron chi connectivity index (χ3n) is 2.76. The molecule has 1 heterocycles. The molecule has 3 nitrogen and oxygen atoms in total. The highest BCUT2D eigenvalue weighted by molar-refractivity contribution is 5.80. The van der Waals surface area contributed by atoms with Crippen LogP contribution in [-0.2, 0) is 17.6 Å². The van der Waals surface area contributed by atoms with Crippen molar-refractivity contribution in [3.05, 3.63) is 29.6 Å². The lowest BCUT2D eigenvalue weighted by molar-refractivity contribution is -0.118. The van der Waals surface area contributed by atoms with Crippen molar-refractivity contribution in [1.29, 1.82) is 0 Å². The minimum atomic E-state index is 0.246. The van der Waals surface area contributed by atoms with Gasteiger partial charge in [-0.25, -0.2) is 0 Å². The number of aromatic nitrogens is 1. The molecule has 1 unspecified atom stereocenters. The summed E-state index contributed by atoms with van der Waals surface area (Å²) >= 11 is 0. The van der Waals surface area contributed by atoms with Gasteiger partial charge in [0.15, 0.2) is 0 Å². The molecule has 3 heteroatoms. The Morgan fingerprint density at radius 3 is 2.71 bits per heavy atom. The third kappa shape index (κ3) is 5.09. The summed E-state index contributed by atoms with van der Waals surface area (Å²) in [6.07, 6.45) is 3.86. The number of nitrogens with zero attached hydrogens (tertiary/aromatic N) is 1. The molecule has 1 aromatic heterocycles. The monoisotopic (exact) mass is 234 g/mol. The average molecular weight is 234 g/mol. The van der Waals surface area contributed by atoms with Gasteiger partial charge in [-0.2, -0.15) is 0 Å². The van der Waals surface area contributed by atoms with Gasteiger partial charge in [0.05, 0.1) is 0 Å². The van der Waals surface area contributed by atoms with Crippen LogP contribution in [0.4, 0.5) is 0 Å². The lowest BCUT2D eigenvalue weighted by Gasteiger charge is -2.10. The smallest absolute Gasteiger partial charge is 0.140 e. The lowest BCUT2D eigenvalue weighted by Crippen LogP contribution is -2.28. The molecule has 0 aromatic carbocycles. The third-order valence-corrected chi connectivity index (χ3v) is 2.76. The summed E-state index contributed by atoms with van der Waals surface area (Å²) < 4.78 is 0. The van der Waals surface area contributed by atoms with Crippen LogP contribution < -0.4 is 5.32 Å². The maximum atomic E-state index is 11.8. The van der Waals surface area contributed by atoms with E-state index in [1.54, 1.807) is 0 Å². The molecule has 0 saturated heterocycles. The van der Waals surface area contributed by atoms with Crippen LogP contribution >= 0.6 is 0 Å². The minimum Gasteiger partial charge on any atom is -0.314 e. The molecule has 0 aliphatic carbocycles. The van der Waals surface area contributed by atoms with Crippen molar-refractivity contribution in [2.75, 3.05) is 6.54 Å². The summed E-state index contributed by atoms with van der Waals surface area (Å²) in [4.78, 5) is 16.1. The summed E-state index contributed by atoms with van der Waals surface area (Å²) in [5, 5.41) is 3.24. The quantitative estimate of drug-likeness (QED) is 0.786. The lowest BCUT2D eigenvalue weighted by atomic mass is 10.1. The molecule has 0 aliphatic heterocycles. The first-order valence-electron chi connectivity index (χ1n) is 6.34. The molecule has 94 valence electrons. The molecular formula is C14H22N2O. The van der Waals surface area contributed by atoms with Gasteiger partial charge in [0.1, 0.15) is 5.78 Å². The Morgan fingerprint density at radius 1 is 1.41 bits per heavy atom. The van der Waals surface area contributed by atoms with E-state index in [1.807, 2.05) is 32.2 Å². The highest BCUT2D eigenvalue weighted by Gasteiger charge is 2.09. The number of Topliss-reactive ketones (excluding diaryl/α,β-unsaturated/α-hetero) is 1. The van der Waals surface area contributed by atoms with Gasteiger partial charge >= 0.3 is 0 Å². The van der Waals surface area contributed by atoms with Gasteiger partial charge in [-0.3, -0.25) is 9.78 Å². The first kappa shape index (κ1) is 13.8. The van der Waals surface area contributed by atoms with Crippen LogP contribution in [0, 0.1) is 0 Å². The Balaban J connectivity index is 2.44. The fraction of sp³-hybridized carbons (Fsp3) is 0.571. The molecule has 0 aliphatic rings. The predicted octanol–water partition coefficient (Wildman–Crippen LogP) is 2.14. The van der Waals surface area contributed by atoms with Gasteiger partial charge in [-0.15, -0.1) is 0 Å². The molecule has 0 spiro atoms. The molecule has 0 amide bonds. The molecule has 0 fully saturated rings. The highest BCUT2D eigenvalue weighted by atomic mass is 16.1. The van der Waals surface area contributed by atoms with Gasteiger partial charge in [0, 0.05) is 30.8 Å². The molecule has 17 heavy (non-hydrogen) atoms. The van der Waals surface area contributed by atoms with Crippen molar-refractivity contribution < 1.29 is 4.79 Å². The SMILES string of the molecule is CCNC(C)CC(=O)Cc1ccc(CC)cn1. The minimum absolute atomic E-state index is 0.246.